The maximum atomic E-state index is 8.48. The summed E-state index contributed by atoms with van der Waals surface area (Å²) in [4.78, 5) is 0. The number of oxime groups is 1. The molecule has 0 spiro atoms. The molecule has 0 heterocycles. The number of ether oxygens (including phenoxy) is 1. The molecule has 0 bridgehead atoms. The minimum atomic E-state index is -0.161. The lowest BCUT2D eigenvalue weighted by Crippen LogP contribution is -2.21. The molecule has 0 rings (SSSR count). The van der Waals surface area contributed by atoms with Gasteiger partial charge in [0.15, 0.2) is 5.71 Å². The number of nitriles is 1. The van der Waals surface area contributed by atoms with Crippen LogP contribution in [0.1, 0.15) is 20.3 Å². The Labute approximate surface area is 72.4 Å². The molecule has 0 aromatic rings. The Kier molecular flexibility index (Phi) is 4.30. The number of hydrogen-bond donors (Lipinski definition) is 1. The molecule has 0 radical (unpaired) electrons. The zero-order chi connectivity index (χ0) is 9.61. The van der Waals surface area contributed by atoms with Crippen LogP contribution >= 0.6 is 0 Å². The van der Waals surface area contributed by atoms with E-state index in [4.69, 9.17) is 15.2 Å². The Morgan fingerprint density at radius 3 is 2.58 bits per heavy atom. The molecule has 0 fully saturated rings. The lowest BCUT2D eigenvalue weighted by Gasteiger charge is -2.21. The maximum absolute atomic E-state index is 8.48. The summed E-state index contributed by atoms with van der Waals surface area (Å²) in [6.45, 7) is 4.42. The predicted molar refractivity (Wildman–Crippen MR) is 45.1 cm³/mol. The van der Waals surface area contributed by atoms with Gasteiger partial charge >= 0.3 is 0 Å². The van der Waals surface area contributed by atoms with Crippen molar-refractivity contribution in [1.29, 1.82) is 5.26 Å². The third-order valence-electron chi connectivity index (χ3n) is 1.43. The molecule has 68 valence electrons. The van der Waals surface area contributed by atoms with Crippen molar-refractivity contribution in [3.63, 3.8) is 0 Å². The summed E-state index contributed by atoms with van der Waals surface area (Å²) in [7, 11) is 1.60. The fraction of sp³-hybridized carbons (Fsp3) is 0.750. The summed E-state index contributed by atoms with van der Waals surface area (Å²) in [6, 6.07) is 1.81. The fourth-order valence-electron chi connectivity index (χ4n) is 0.992. The normalized spacial score (nSPS) is 12.7. The van der Waals surface area contributed by atoms with Gasteiger partial charge in [0, 0.05) is 13.5 Å². The summed E-state index contributed by atoms with van der Waals surface area (Å²) in [6.07, 6.45) is 0.424. The highest BCUT2D eigenvalue weighted by Gasteiger charge is 2.20. The Morgan fingerprint density at radius 2 is 2.25 bits per heavy atom. The first kappa shape index (κ1) is 10.9. The highest BCUT2D eigenvalue weighted by molar-refractivity contribution is 5.98. The first-order chi connectivity index (χ1) is 5.55. The van der Waals surface area contributed by atoms with Crippen LogP contribution in [0.25, 0.3) is 0 Å². The second-order valence-electron chi connectivity index (χ2n) is 3.43. The highest BCUT2D eigenvalue weighted by atomic mass is 16.5. The molecule has 12 heavy (non-hydrogen) atoms. The third kappa shape index (κ3) is 3.94. The second kappa shape index (κ2) is 4.73. The van der Waals surface area contributed by atoms with Crippen molar-refractivity contribution in [2.24, 2.45) is 10.6 Å². The molecule has 4 nitrogen and oxygen atoms in total. The van der Waals surface area contributed by atoms with E-state index in [-0.39, 0.29) is 11.1 Å². The monoisotopic (exact) mass is 170 g/mol. The SMILES string of the molecule is COCC(C)(C)CC(C#N)=NO. The van der Waals surface area contributed by atoms with Gasteiger partial charge in [-0.1, -0.05) is 19.0 Å². The van der Waals surface area contributed by atoms with Gasteiger partial charge in [0.05, 0.1) is 6.61 Å². The van der Waals surface area contributed by atoms with Gasteiger partial charge in [-0.3, -0.25) is 0 Å². The van der Waals surface area contributed by atoms with Gasteiger partial charge in [-0.15, -0.1) is 0 Å². The van der Waals surface area contributed by atoms with Crippen molar-refractivity contribution < 1.29 is 9.94 Å². The standard InChI is InChI=1S/C8H14N2O2/c1-8(2,6-12-3)4-7(5-9)10-11/h11H,4,6H2,1-3H3. The average molecular weight is 170 g/mol. The van der Waals surface area contributed by atoms with Crippen molar-refractivity contribution in [3.8, 4) is 6.07 Å². The Hall–Kier alpha value is -1.08. The minimum Gasteiger partial charge on any atom is -0.410 e. The van der Waals surface area contributed by atoms with E-state index < -0.39 is 0 Å². The Morgan fingerprint density at radius 1 is 1.67 bits per heavy atom. The van der Waals surface area contributed by atoms with E-state index in [9.17, 15) is 0 Å². The lowest BCUT2D eigenvalue weighted by atomic mass is 9.88. The zero-order valence-corrected chi connectivity index (χ0v) is 7.66. The van der Waals surface area contributed by atoms with Crippen LogP contribution in [-0.2, 0) is 4.74 Å². The van der Waals surface area contributed by atoms with Crippen LogP contribution in [0, 0.1) is 16.7 Å². The number of methoxy groups -OCH3 is 1. The van der Waals surface area contributed by atoms with Crippen LogP contribution in [0.3, 0.4) is 0 Å². The first-order valence-electron chi connectivity index (χ1n) is 3.65. The molecule has 0 amide bonds. The fourth-order valence-corrected chi connectivity index (χ4v) is 0.992. The van der Waals surface area contributed by atoms with Crippen molar-refractivity contribution >= 4 is 5.71 Å². The summed E-state index contributed by atoms with van der Waals surface area (Å²) >= 11 is 0. The topological polar surface area (TPSA) is 65.6 Å². The molecule has 0 aliphatic heterocycles. The van der Waals surface area contributed by atoms with E-state index in [2.05, 4.69) is 5.16 Å². The molecule has 0 unspecified atom stereocenters. The Balaban J connectivity index is 4.15. The molecule has 0 aromatic carbocycles. The van der Waals surface area contributed by atoms with E-state index >= 15 is 0 Å². The lowest BCUT2D eigenvalue weighted by molar-refractivity contribution is 0.109. The average Bonchev–Trinajstić information content (AvgIpc) is 2.00. The molecule has 4 heteroatoms. The maximum Gasteiger partial charge on any atom is 0.157 e. The van der Waals surface area contributed by atoms with Gasteiger partial charge in [0.25, 0.3) is 0 Å². The van der Waals surface area contributed by atoms with Crippen LogP contribution in [-0.4, -0.2) is 24.6 Å². The predicted octanol–water partition coefficient (Wildman–Crippen LogP) is 1.40. The van der Waals surface area contributed by atoms with Gasteiger partial charge in [-0.05, 0) is 5.41 Å². The number of nitrogens with zero attached hydrogens (tertiary/aromatic N) is 2. The first-order valence-corrected chi connectivity index (χ1v) is 3.65. The number of hydrogen-bond acceptors (Lipinski definition) is 4. The van der Waals surface area contributed by atoms with Gasteiger partial charge in [-0.2, -0.15) is 5.26 Å². The highest BCUT2D eigenvalue weighted by Crippen LogP contribution is 2.20. The molecule has 0 atom stereocenters. The third-order valence-corrected chi connectivity index (χ3v) is 1.43. The van der Waals surface area contributed by atoms with Gasteiger partial charge < -0.3 is 9.94 Å². The van der Waals surface area contributed by atoms with E-state index in [1.54, 1.807) is 7.11 Å². The van der Waals surface area contributed by atoms with E-state index in [1.165, 1.54) is 0 Å². The molecule has 0 saturated heterocycles. The van der Waals surface area contributed by atoms with Crippen molar-refractivity contribution in [2.45, 2.75) is 20.3 Å². The smallest absolute Gasteiger partial charge is 0.157 e. The quantitative estimate of drug-likeness (QED) is 0.394. The molecular formula is C8H14N2O2. The summed E-state index contributed by atoms with van der Waals surface area (Å²) in [5.41, 5.74) is -0.0245. The van der Waals surface area contributed by atoms with Crippen molar-refractivity contribution in [3.05, 3.63) is 0 Å². The molecule has 0 saturated carbocycles. The minimum absolute atomic E-state index is 0.136. The zero-order valence-electron chi connectivity index (χ0n) is 7.66. The molecule has 0 aliphatic carbocycles. The molecule has 1 N–H and O–H groups in total. The second-order valence-corrected chi connectivity index (χ2v) is 3.43. The van der Waals surface area contributed by atoms with Gasteiger partial charge in [0.1, 0.15) is 6.07 Å². The van der Waals surface area contributed by atoms with Crippen LogP contribution in [0.4, 0.5) is 0 Å². The van der Waals surface area contributed by atoms with Crippen LogP contribution in [0.15, 0.2) is 5.16 Å². The van der Waals surface area contributed by atoms with Crippen molar-refractivity contribution in [2.75, 3.05) is 13.7 Å². The largest absolute Gasteiger partial charge is 0.410 e. The summed E-state index contributed by atoms with van der Waals surface area (Å²) in [5, 5.41) is 19.7. The van der Waals surface area contributed by atoms with E-state index in [0.29, 0.717) is 13.0 Å². The Bertz CT molecular complexity index is 204. The summed E-state index contributed by atoms with van der Waals surface area (Å²) < 4.78 is 4.95. The van der Waals surface area contributed by atoms with Crippen LogP contribution in [0.5, 0.6) is 0 Å². The molecule has 0 aliphatic rings. The van der Waals surface area contributed by atoms with E-state index in [1.807, 2.05) is 19.9 Å². The van der Waals surface area contributed by atoms with E-state index in [0.717, 1.165) is 0 Å². The van der Waals surface area contributed by atoms with Crippen LogP contribution in [0.2, 0.25) is 0 Å². The van der Waals surface area contributed by atoms with Gasteiger partial charge in [-0.25, -0.2) is 0 Å². The van der Waals surface area contributed by atoms with Gasteiger partial charge in [0.2, 0.25) is 0 Å². The molecular weight excluding hydrogens is 156 g/mol. The van der Waals surface area contributed by atoms with Crippen molar-refractivity contribution in [1.82, 2.24) is 0 Å². The summed E-state index contributed by atoms with van der Waals surface area (Å²) in [5.74, 6) is 0. The molecule has 0 aromatic heterocycles. The van der Waals surface area contributed by atoms with Crippen LogP contribution < -0.4 is 0 Å². The number of rotatable bonds is 4.